The fraction of sp³-hybridized carbons (Fsp3) is 0.700. The van der Waals surface area contributed by atoms with E-state index in [-0.39, 0.29) is 23.8 Å². The maximum Gasteiger partial charge on any atom is 0.326 e. The molecule has 0 spiro atoms. The van der Waals surface area contributed by atoms with Gasteiger partial charge in [-0.2, -0.15) is 0 Å². The van der Waals surface area contributed by atoms with Crippen LogP contribution >= 0.6 is 0 Å². The first-order chi connectivity index (χ1) is 8.69. The fourth-order valence-corrected chi connectivity index (χ4v) is 3.81. The number of carboxylic acids is 1. The van der Waals surface area contributed by atoms with E-state index in [4.69, 9.17) is 10.8 Å². The van der Waals surface area contributed by atoms with Gasteiger partial charge < -0.3 is 16.2 Å². The summed E-state index contributed by atoms with van der Waals surface area (Å²) in [5.41, 5.74) is 4.87. The number of aliphatic carboxylic acids is 1. The van der Waals surface area contributed by atoms with Crippen molar-refractivity contribution in [3.05, 3.63) is 0 Å². The third kappa shape index (κ3) is 5.25. The van der Waals surface area contributed by atoms with E-state index in [2.05, 4.69) is 5.32 Å². The van der Waals surface area contributed by atoms with Crippen molar-refractivity contribution < 1.29 is 27.9 Å². The molecule has 4 N–H and O–H groups in total. The van der Waals surface area contributed by atoms with E-state index in [1.165, 1.54) is 0 Å². The second kappa shape index (κ2) is 6.00. The molecule has 0 aromatic heterocycles. The van der Waals surface area contributed by atoms with Gasteiger partial charge in [0, 0.05) is 6.42 Å². The standard InChI is InChI=1S/C10H16N2O6S/c11-8(13)4-7(10(15)16)12-9(14)3-6-1-2-19(17,18)5-6/h6-7H,1-5H2,(H2,11,13)(H,12,14)(H,15,16)/t6-,7+/m0/s1. The van der Waals surface area contributed by atoms with Crippen LogP contribution in [0.5, 0.6) is 0 Å². The highest BCUT2D eigenvalue weighted by molar-refractivity contribution is 7.91. The second-order valence-electron chi connectivity index (χ2n) is 4.60. The summed E-state index contributed by atoms with van der Waals surface area (Å²) in [5, 5.41) is 11.0. The highest BCUT2D eigenvalue weighted by Crippen LogP contribution is 2.21. The summed E-state index contributed by atoms with van der Waals surface area (Å²) < 4.78 is 22.4. The largest absolute Gasteiger partial charge is 0.480 e. The first-order valence-corrected chi connectivity index (χ1v) is 7.52. The van der Waals surface area contributed by atoms with E-state index in [9.17, 15) is 22.8 Å². The van der Waals surface area contributed by atoms with E-state index in [1.54, 1.807) is 0 Å². The molecule has 19 heavy (non-hydrogen) atoms. The van der Waals surface area contributed by atoms with Crippen molar-refractivity contribution in [3.63, 3.8) is 0 Å². The van der Waals surface area contributed by atoms with E-state index in [0.717, 1.165) is 0 Å². The molecule has 1 aliphatic heterocycles. The molecular weight excluding hydrogens is 276 g/mol. The topological polar surface area (TPSA) is 144 Å². The van der Waals surface area contributed by atoms with Crippen LogP contribution in [0, 0.1) is 5.92 Å². The summed E-state index contributed by atoms with van der Waals surface area (Å²) in [6, 6.07) is -1.37. The Hall–Kier alpha value is -1.64. The van der Waals surface area contributed by atoms with Crippen molar-refractivity contribution in [1.29, 1.82) is 0 Å². The Morgan fingerprint density at radius 3 is 2.42 bits per heavy atom. The van der Waals surface area contributed by atoms with Gasteiger partial charge in [-0.1, -0.05) is 0 Å². The fourth-order valence-electron chi connectivity index (χ4n) is 1.95. The molecule has 0 radical (unpaired) electrons. The van der Waals surface area contributed by atoms with Gasteiger partial charge in [0.2, 0.25) is 11.8 Å². The van der Waals surface area contributed by atoms with Crippen molar-refractivity contribution >= 4 is 27.6 Å². The van der Waals surface area contributed by atoms with E-state index < -0.39 is 40.1 Å². The summed E-state index contributed by atoms with van der Waals surface area (Å²) >= 11 is 0. The average molecular weight is 292 g/mol. The Balaban J connectivity index is 2.49. The van der Waals surface area contributed by atoms with Crippen LogP contribution in [0.2, 0.25) is 0 Å². The van der Waals surface area contributed by atoms with Gasteiger partial charge in [-0.25, -0.2) is 13.2 Å². The van der Waals surface area contributed by atoms with Crippen LogP contribution in [0.3, 0.4) is 0 Å². The molecule has 0 aromatic rings. The number of nitrogens with two attached hydrogens (primary N) is 1. The first-order valence-electron chi connectivity index (χ1n) is 5.70. The Morgan fingerprint density at radius 1 is 1.37 bits per heavy atom. The van der Waals surface area contributed by atoms with Crippen molar-refractivity contribution in [2.75, 3.05) is 11.5 Å². The summed E-state index contributed by atoms with van der Waals surface area (Å²) in [6.07, 6.45) is -0.172. The zero-order valence-corrected chi connectivity index (χ0v) is 11.0. The zero-order chi connectivity index (χ0) is 14.6. The summed E-state index contributed by atoms with van der Waals surface area (Å²) in [5.74, 6) is -3.09. The number of primary amides is 1. The molecule has 1 aliphatic rings. The molecule has 9 heteroatoms. The molecule has 0 saturated carbocycles. The molecule has 108 valence electrons. The number of hydrogen-bond donors (Lipinski definition) is 3. The van der Waals surface area contributed by atoms with Crippen molar-refractivity contribution in [3.8, 4) is 0 Å². The van der Waals surface area contributed by atoms with E-state index >= 15 is 0 Å². The maximum absolute atomic E-state index is 11.6. The van der Waals surface area contributed by atoms with Crippen LogP contribution in [-0.4, -0.2) is 48.9 Å². The van der Waals surface area contributed by atoms with Gasteiger partial charge in [0.05, 0.1) is 17.9 Å². The molecule has 1 rings (SSSR count). The highest BCUT2D eigenvalue weighted by Gasteiger charge is 2.30. The van der Waals surface area contributed by atoms with Gasteiger partial charge in [-0.15, -0.1) is 0 Å². The van der Waals surface area contributed by atoms with Crippen molar-refractivity contribution in [2.24, 2.45) is 11.7 Å². The molecule has 0 aliphatic carbocycles. The third-order valence-corrected chi connectivity index (χ3v) is 4.68. The van der Waals surface area contributed by atoms with Crippen molar-refractivity contribution in [1.82, 2.24) is 5.32 Å². The Labute approximate surface area is 110 Å². The SMILES string of the molecule is NC(=O)C[C@@H](NC(=O)C[C@@H]1CCS(=O)(=O)C1)C(=O)O. The van der Waals surface area contributed by atoms with Crippen molar-refractivity contribution in [2.45, 2.75) is 25.3 Å². The summed E-state index contributed by atoms with van der Waals surface area (Å²) in [4.78, 5) is 33.0. The lowest BCUT2D eigenvalue weighted by Gasteiger charge is -2.14. The number of sulfone groups is 1. The number of hydrogen-bond acceptors (Lipinski definition) is 5. The Kier molecular flexibility index (Phi) is 4.87. The number of carboxylic acid groups (broad SMARTS) is 1. The average Bonchev–Trinajstić information content (AvgIpc) is 2.56. The van der Waals surface area contributed by atoms with Crippen LogP contribution in [0.4, 0.5) is 0 Å². The van der Waals surface area contributed by atoms with Gasteiger partial charge in [0.1, 0.15) is 6.04 Å². The monoisotopic (exact) mass is 292 g/mol. The summed E-state index contributed by atoms with van der Waals surface area (Å²) in [6.45, 7) is 0. The van der Waals surface area contributed by atoms with Crippen LogP contribution in [0.1, 0.15) is 19.3 Å². The lowest BCUT2D eigenvalue weighted by Crippen LogP contribution is -2.43. The van der Waals surface area contributed by atoms with Gasteiger partial charge >= 0.3 is 5.97 Å². The van der Waals surface area contributed by atoms with Crippen LogP contribution in [-0.2, 0) is 24.2 Å². The highest BCUT2D eigenvalue weighted by atomic mass is 32.2. The summed E-state index contributed by atoms with van der Waals surface area (Å²) in [7, 11) is -3.08. The smallest absolute Gasteiger partial charge is 0.326 e. The van der Waals surface area contributed by atoms with Crippen LogP contribution in [0.25, 0.3) is 0 Å². The zero-order valence-electron chi connectivity index (χ0n) is 10.2. The van der Waals surface area contributed by atoms with Gasteiger partial charge in [0.25, 0.3) is 0 Å². The van der Waals surface area contributed by atoms with E-state index in [0.29, 0.717) is 6.42 Å². The first kappa shape index (κ1) is 15.4. The molecule has 1 heterocycles. The molecule has 2 amide bonds. The number of nitrogens with one attached hydrogen (secondary N) is 1. The van der Waals surface area contributed by atoms with Gasteiger partial charge in [0.15, 0.2) is 9.84 Å². The molecule has 8 nitrogen and oxygen atoms in total. The molecule has 2 atom stereocenters. The van der Waals surface area contributed by atoms with E-state index in [1.807, 2.05) is 0 Å². The number of carbonyl (C=O) groups excluding carboxylic acids is 2. The maximum atomic E-state index is 11.6. The molecule has 0 aromatic carbocycles. The Morgan fingerprint density at radius 2 is 2.00 bits per heavy atom. The minimum atomic E-state index is -3.08. The number of rotatable bonds is 6. The molecule has 1 fully saturated rings. The van der Waals surface area contributed by atoms with Crippen LogP contribution in [0.15, 0.2) is 0 Å². The number of carbonyl (C=O) groups is 3. The lowest BCUT2D eigenvalue weighted by molar-refractivity contribution is -0.143. The predicted octanol–water partition coefficient (Wildman–Crippen LogP) is -1.74. The Bertz CT molecular complexity index is 486. The lowest BCUT2D eigenvalue weighted by atomic mass is 10.0. The normalized spacial score (nSPS) is 22.6. The third-order valence-electron chi connectivity index (χ3n) is 2.84. The quantitative estimate of drug-likeness (QED) is 0.530. The van der Waals surface area contributed by atoms with Gasteiger partial charge in [-0.05, 0) is 12.3 Å². The number of amides is 2. The molecular formula is C10H16N2O6S. The van der Waals surface area contributed by atoms with Gasteiger partial charge in [-0.3, -0.25) is 9.59 Å². The molecule has 0 bridgehead atoms. The molecule has 0 unspecified atom stereocenters. The predicted molar refractivity (Wildman–Crippen MR) is 64.8 cm³/mol. The minimum Gasteiger partial charge on any atom is -0.480 e. The van der Waals surface area contributed by atoms with Crippen LogP contribution < -0.4 is 11.1 Å². The second-order valence-corrected chi connectivity index (χ2v) is 6.83. The molecule has 1 saturated heterocycles. The minimum absolute atomic E-state index is 0.0502.